The van der Waals surface area contributed by atoms with Gasteiger partial charge < -0.3 is 13.7 Å². The summed E-state index contributed by atoms with van der Waals surface area (Å²) in [7, 11) is 0. The van der Waals surface area contributed by atoms with Crippen LogP contribution in [0.2, 0.25) is 0 Å². The molecule has 0 atom stereocenters. The number of aromatic nitrogens is 6. The van der Waals surface area contributed by atoms with Gasteiger partial charge in [-0.2, -0.15) is 11.2 Å². The van der Waals surface area contributed by atoms with E-state index in [1.165, 1.54) is 17.2 Å². The van der Waals surface area contributed by atoms with Gasteiger partial charge in [-0.05, 0) is 58.4 Å². The quantitative estimate of drug-likeness (QED) is 0.118. The van der Waals surface area contributed by atoms with Crippen LogP contribution < -0.4 is 4.74 Å². The van der Waals surface area contributed by atoms with E-state index in [9.17, 15) is 0 Å². The zero-order chi connectivity index (χ0) is 38.2. The molecule has 0 amide bonds. The zero-order valence-electron chi connectivity index (χ0n) is 32.0. The van der Waals surface area contributed by atoms with E-state index >= 15 is 4.39 Å². The molecule has 6 aromatic carbocycles. The number of benzene rings is 6. The fourth-order valence-electron chi connectivity index (χ4n) is 8.21. The molecule has 0 aliphatic rings. The van der Waals surface area contributed by atoms with Gasteiger partial charge in [0.05, 0.1) is 22.9 Å². The molecule has 0 saturated heterocycles. The van der Waals surface area contributed by atoms with E-state index in [1.54, 1.807) is 0 Å². The number of halogens is 1. The molecule has 0 unspecified atom stereocenters. The van der Waals surface area contributed by atoms with E-state index in [0.29, 0.717) is 39.8 Å². The van der Waals surface area contributed by atoms with Gasteiger partial charge in [-0.15, -0.1) is 22.6 Å². The first-order chi connectivity index (χ1) is 27.3. The number of aryl methyl sites for hydroxylation is 1. The Bertz CT molecular complexity index is 3150. The van der Waals surface area contributed by atoms with Crippen LogP contribution >= 0.6 is 0 Å². The predicted octanol–water partition coefficient (Wildman–Crippen LogP) is 12.1. The van der Waals surface area contributed by atoms with E-state index in [4.69, 9.17) is 9.72 Å². The van der Waals surface area contributed by atoms with E-state index in [0.717, 1.165) is 55.5 Å². The maximum atomic E-state index is 16.3. The van der Waals surface area contributed by atoms with Crippen molar-refractivity contribution >= 4 is 49.1 Å². The van der Waals surface area contributed by atoms with Gasteiger partial charge in [-0.1, -0.05) is 135 Å². The number of fused-ring (bicyclic) bond motifs is 9. The summed E-state index contributed by atoms with van der Waals surface area (Å²) in [5, 5.41) is 13.5. The molecule has 0 aliphatic carbocycles. The summed E-state index contributed by atoms with van der Waals surface area (Å²) >= 11 is 0. The molecule has 0 bridgehead atoms. The van der Waals surface area contributed by atoms with Gasteiger partial charge >= 0.3 is 21.1 Å². The van der Waals surface area contributed by atoms with E-state index in [-0.39, 0.29) is 26.8 Å². The fourth-order valence-corrected chi connectivity index (χ4v) is 8.21. The van der Waals surface area contributed by atoms with Crippen LogP contribution in [-0.4, -0.2) is 28.7 Å². The van der Waals surface area contributed by atoms with Gasteiger partial charge in [0, 0.05) is 34.7 Å². The van der Waals surface area contributed by atoms with Crippen LogP contribution in [-0.2, 0) is 21.1 Å². The van der Waals surface area contributed by atoms with Crippen LogP contribution in [0, 0.1) is 24.9 Å². The molecule has 0 spiro atoms. The van der Waals surface area contributed by atoms with Crippen LogP contribution in [0.25, 0.3) is 72.2 Å². The Labute approximate surface area is 343 Å². The first-order valence-corrected chi connectivity index (χ1v) is 19.0. The van der Waals surface area contributed by atoms with Crippen molar-refractivity contribution in [2.75, 3.05) is 0 Å². The van der Waals surface area contributed by atoms with Gasteiger partial charge in [0.15, 0.2) is 5.82 Å². The van der Waals surface area contributed by atoms with Gasteiger partial charge in [0.25, 0.3) is 0 Å². The monoisotopic (exact) mass is 927 g/mol. The minimum absolute atomic E-state index is 0. The molecule has 0 radical (unpaired) electrons. The van der Waals surface area contributed by atoms with E-state index < -0.39 is 5.82 Å². The molecule has 0 saturated carbocycles. The summed E-state index contributed by atoms with van der Waals surface area (Å²) < 4.78 is 29.0. The van der Waals surface area contributed by atoms with Gasteiger partial charge in [-0.3, -0.25) is 8.96 Å². The number of para-hydroxylation sites is 3. The molecular weight excluding hydrogens is 891 g/mol. The third kappa shape index (κ3) is 5.76. The van der Waals surface area contributed by atoms with Crippen molar-refractivity contribution in [1.29, 1.82) is 0 Å². The van der Waals surface area contributed by atoms with Crippen LogP contribution in [0.15, 0.2) is 122 Å². The normalized spacial score (nSPS) is 11.9. The Morgan fingerprint density at radius 2 is 1.39 bits per heavy atom. The Morgan fingerprint density at radius 1 is 0.702 bits per heavy atom. The molecule has 282 valence electrons. The number of hydrogen-bond donors (Lipinski definition) is 0. The van der Waals surface area contributed by atoms with Crippen molar-refractivity contribution in [3.8, 4) is 34.5 Å². The maximum absolute atomic E-state index is 16.3. The topological polar surface area (TPSA) is 62.2 Å². The average molecular weight is 928 g/mol. The van der Waals surface area contributed by atoms with Gasteiger partial charge in [-0.25, -0.2) is 4.98 Å². The minimum Gasteiger partial charge on any atom is -0.500 e. The average Bonchev–Trinajstić information content (AvgIpc) is 3.94. The fraction of sp³-hybridized carbons (Fsp3) is 0.146. The Morgan fingerprint density at radius 3 is 2.12 bits per heavy atom. The molecule has 4 heterocycles. The SMILES string of the molecule is Cc1ccccc1-c1nnc2c3[c-]c(Oc4[c-]c5c(cc4)c4ccccc4n5-c4nccn4-c4c(C(C)C)cccc4C(C)C)c(F)cc3c3ccccc3n12.[Pt+2]. The summed E-state index contributed by atoms with van der Waals surface area (Å²) in [6.07, 6.45) is 3.87. The molecular formula is C48H37FN6OPt. The van der Waals surface area contributed by atoms with Crippen LogP contribution in [0.4, 0.5) is 4.39 Å². The third-order valence-corrected chi connectivity index (χ3v) is 10.9. The Balaban J connectivity index is 0.00000422. The smallest absolute Gasteiger partial charge is 0.500 e. The Hall–Kier alpha value is -6.11. The molecule has 10 aromatic rings. The molecule has 7 nitrogen and oxygen atoms in total. The maximum Gasteiger partial charge on any atom is 2.00 e. The molecule has 9 heteroatoms. The van der Waals surface area contributed by atoms with Gasteiger partial charge in [0.1, 0.15) is 0 Å². The van der Waals surface area contributed by atoms with Crippen molar-refractivity contribution in [2.45, 2.75) is 46.5 Å². The van der Waals surface area contributed by atoms with Crippen LogP contribution in [0.1, 0.15) is 56.2 Å². The summed E-state index contributed by atoms with van der Waals surface area (Å²) in [6, 6.07) is 43.0. The number of nitrogens with zero attached hydrogens (tertiary/aromatic N) is 6. The van der Waals surface area contributed by atoms with Crippen LogP contribution in [0.3, 0.4) is 0 Å². The van der Waals surface area contributed by atoms with Crippen molar-refractivity contribution < 1.29 is 30.2 Å². The van der Waals surface area contributed by atoms with Crippen molar-refractivity contribution in [1.82, 2.24) is 28.7 Å². The second-order valence-corrected chi connectivity index (χ2v) is 15.0. The largest absolute Gasteiger partial charge is 2.00 e. The summed E-state index contributed by atoms with van der Waals surface area (Å²) in [4.78, 5) is 4.96. The molecule has 0 aliphatic heterocycles. The Kier molecular flexibility index (Phi) is 9.05. The number of rotatable bonds is 7. The van der Waals surface area contributed by atoms with Crippen molar-refractivity contribution in [3.63, 3.8) is 0 Å². The molecule has 57 heavy (non-hydrogen) atoms. The number of imidazole rings is 1. The molecule has 0 fully saturated rings. The van der Waals surface area contributed by atoms with Crippen molar-refractivity contribution in [3.05, 3.63) is 156 Å². The number of ether oxygens (including phenoxy) is 1. The van der Waals surface area contributed by atoms with E-state index in [2.05, 4.69) is 102 Å². The van der Waals surface area contributed by atoms with Crippen molar-refractivity contribution in [2.24, 2.45) is 0 Å². The summed E-state index contributed by atoms with van der Waals surface area (Å²) in [5.41, 5.74) is 8.85. The van der Waals surface area contributed by atoms with Gasteiger partial charge in [0.2, 0.25) is 5.95 Å². The minimum atomic E-state index is -0.540. The molecule has 4 aromatic heterocycles. The summed E-state index contributed by atoms with van der Waals surface area (Å²) in [6.45, 7) is 10.9. The molecule has 0 N–H and O–H groups in total. The first-order valence-electron chi connectivity index (χ1n) is 19.0. The molecule has 10 rings (SSSR count). The zero-order valence-corrected chi connectivity index (χ0v) is 34.3. The second-order valence-electron chi connectivity index (χ2n) is 15.0. The summed E-state index contributed by atoms with van der Waals surface area (Å²) in [5.74, 6) is 1.78. The second kappa shape index (κ2) is 14.1. The van der Waals surface area contributed by atoms with E-state index in [1.807, 2.05) is 83.5 Å². The number of hydrogen-bond acceptors (Lipinski definition) is 4. The van der Waals surface area contributed by atoms with Crippen LogP contribution in [0.5, 0.6) is 11.5 Å². The third-order valence-electron chi connectivity index (χ3n) is 10.9. The predicted molar refractivity (Wildman–Crippen MR) is 222 cm³/mol. The number of pyridine rings is 1. The first kappa shape index (κ1) is 36.5. The standard InChI is InChI=1S/C48H37FN6O.Pt/c1-28(2)32-17-12-18-33(29(3)4)45(32)53-24-23-50-48(53)54-41-19-10-8-15-35(41)37-22-21-31(25-43(37)54)56-44-27-39-38(26-40(44)49)36-16-9-11-20-42(36)55-46(51-52-47(39)55)34-14-7-6-13-30(34)5;/h6-24,26,28-29H,1-5H3;/q-2;+2.